The first-order chi connectivity index (χ1) is 8.92. The summed E-state index contributed by atoms with van der Waals surface area (Å²) in [5.41, 5.74) is -0.488. The zero-order chi connectivity index (χ0) is 13.7. The van der Waals surface area contributed by atoms with Crippen LogP contribution in [-0.4, -0.2) is 24.3 Å². The minimum atomic E-state index is -0.321. The summed E-state index contributed by atoms with van der Waals surface area (Å²) in [6.07, 6.45) is 7.18. The molecule has 0 saturated heterocycles. The largest absolute Gasteiger partial charge is 0.465 e. The van der Waals surface area contributed by atoms with Crippen LogP contribution < -0.4 is 0 Å². The SMILES string of the molecule is CC(C)(CO)COC(=O)C12CC3CC(CC(C3)C1)C2. The Bertz CT molecular complexity index is 337. The van der Waals surface area contributed by atoms with Crippen molar-refractivity contribution in [2.45, 2.75) is 52.4 Å². The summed E-state index contributed by atoms with van der Waals surface area (Å²) in [5, 5.41) is 9.25. The predicted octanol–water partition coefficient (Wildman–Crippen LogP) is 2.76. The van der Waals surface area contributed by atoms with Gasteiger partial charge in [0.2, 0.25) is 0 Å². The maximum Gasteiger partial charge on any atom is 0.312 e. The smallest absolute Gasteiger partial charge is 0.312 e. The van der Waals surface area contributed by atoms with Gasteiger partial charge in [0.25, 0.3) is 0 Å². The predicted molar refractivity (Wildman–Crippen MR) is 72.4 cm³/mol. The number of esters is 1. The summed E-state index contributed by atoms with van der Waals surface area (Å²) >= 11 is 0. The topological polar surface area (TPSA) is 46.5 Å². The van der Waals surface area contributed by atoms with Crippen LogP contribution in [0.4, 0.5) is 0 Å². The van der Waals surface area contributed by atoms with Crippen LogP contribution in [-0.2, 0) is 9.53 Å². The molecule has 0 aromatic carbocycles. The molecular formula is C16H26O3. The molecule has 1 N–H and O–H groups in total. The van der Waals surface area contributed by atoms with Crippen molar-refractivity contribution in [2.75, 3.05) is 13.2 Å². The molecule has 0 aromatic heterocycles. The van der Waals surface area contributed by atoms with E-state index < -0.39 is 0 Å². The molecule has 108 valence electrons. The molecule has 0 spiro atoms. The van der Waals surface area contributed by atoms with E-state index in [1.165, 1.54) is 19.3 Å². The molecule has 0 aromatic rings. The normalized spacial score (nSPS) is 40.5. The highest BCUT2D eigenvalue weighted by molar-refractivity contribution is 5.77. The molecular weight excluding hydrogens is 240 g/mol. The number of rotatable bonds is 4. The van der Waals surface area contributed by atoms with Gasteiger partial charge in [0.1, 0.15) is 0 Å². The fourth-order valence-electron chi connectivity index (χ4n) is 4.82. The van der Waals surface area contributed by atoms with Crippen LogP contribution in [0.2, 0.25) is 0 Å². The standard InChI is InChI=1S/C16H26O3/c1-15(2,9-17)10-19-14(18)16-6-11-3-12(7-16)5-13(4-11)8-16/h11-13,17H,3-10H2,1-2H3. The number of carbonyl (C=O) groups excluding carboxylic acids is 1. The van der Waals surface area contributed by atoms with Gasteiger partial charge in [-0.25, -0.2) is 0 Å². The van der Waals surface area contributed by atoms with E-state index in [2.05, 4.69) is 0 Å². The molecule has 4 saturated carbocycles. The molecule has 4 aliphatic carbocycles. The van der Waals surface area contributed by atoms with Crippen molar-refractivity contribution in [1.29, 1.82) is 0 Å². The second-order valence-corrected chi connectivity index (χ2v) is 8.10. The van der Waals surface area contributed by atoms with E-state index in [0.29, 0.717) is 6.61 Å². The molecule has 0 radical (unpaired) electrons. The summed E-state index contributed by atoms with van der Waals surface area (Å²) in [6, 6.07) is 0. The van der Waals surface area contributed by atoms with Gasteiger partial charge in [0.05, 0.1) is 18.6 Å². The number of aliphatic hydroxyl groups is 1. The van der Waals surface area contributed by atoms with Gasteiger partial charge < -0.3 is 9.84 Å². The molecule has 4 fully saturated rings. The van der Waals surface area contributed by atoms with Crippen molar-refractivity contribution in [3.8, 4) is 0 Å². The third-order valence-corrected chi connectivity index (χ3v) is 5.49. The molecule has 4 bridgehead atoms. The summed E-state index contributed by atoms with van der Waals surface area (Å²) in [4.78, 5) is 12.6. The van der Waals surface area contributed by atoms with Crippen molar-refractivity contribution in [3.05, 3.63) is 0 Å². The van der Waals surface area contributed by atoms with Crippen LogP contribution in [0.15, 0.2) is 0 Å². The number of aliphatic hydroxyl groups excluding tert-OH is 1. The summed E-state index contributed by atoms with van der Waals surface area (Å²) in [6.45, 7) is 4.26. The van der Waals surface area contributed by atoms with E-state index >= 15 is 0 Å². The number of carbonyl (C=O) groups is 1. The monoisotopic (exact) mass is 266 g/mol. The summed E-state index contributed by atoms with van der Waals surface area (Å²) in [7, 11) is 0. The average Bonchev–Trinajstić information content (AvgIpc) is 2.34. The van der Waals surface area contributed by atoms with E-state index in [1.54, 1.807) is 0 Å². The quantitative estimate of drug-likeness (QED) is 0.796. The van der Waals surface area contributed by atoms with Gasteiger partial charge >= 0.3 is 5.97 Å². The molecule has 19 heavy (non-hydrogen) atoms. The van der Waals surface area contributed by atoms with Gasteiger partial charge in [-0.2, -0.15) is 0 Å². The van der Waals surface area contributed by atoms with Crippen LogP contribution in [0, 0.1) is 28.6 Å². The van der Waals surface area contributed by atoms with Crippen molar-refractivity contribution in [3.63, 3.8) is 0 Å². The Kier molecular flexibility index (Phi) is 3.16. The van der Waals surface area contributed by atoms with E-state index in [-0.39, 0.29) is 23.4 Å². The Labute approximate surface area is 115 Å². The molecule has 0 unspecified atom stereocenters. The highest BCUT2D eigenvalue weighted by Gasteiger charge is 2.55. The minimum Gasteiger partial charge on any atom is -0.465 e. The van der Waals surface area contributed by atoms with E-state index in [9.17, 15) is 9.90 Å². The number of hydrogen-bond acceptors (Lipinski definition) is 3. The number of ether oxygens (including phenoxy) is 1. The van der Waals surface area contributed by atoms with Crippen molar-refractivity contribution < 1.29 is 14.6 Å². The van der Waals surface area contributed by atoms with Crippen LogP contribution in [0.5, 0.6) is 0 Å². The zero-order valence-electron chi connectivity index (χ0n) is 12.2. The van der Waals surface area contributed by atoms with E-state index in [0.717, 1.165) is 37.0 Å². The van der Waals surface area contributed by atoms with E-state index in [1.807, 2.05) is 13.8 Å². The van der Waals surface area contributed by atoms with Crippen molar-refractivity contribution in [2.24, 2.45) is 28.6 Å². The van der Waals surface area contributed by atoms with Gasteiger partial charge in [-0.15, -0.1) is 0 Å². The number of hydrogen-bond donors (Lipinski definition) is 1. The van der Waals surface area contributed by atoms with Crippen LogP contribution >= 0.6 is 0 Å². The second kappa shape index (κ2) is 4.47. The summed E-state index contributed by atoms with van der Waals surface area (Å²) in [5.74, 6) is 2.33. The Hall–Kier alpha value is -0.570. The van der Waals surface area contributed by atoms with Crippen molar-refractivity contribution in [1.82, 2.24) is 0 Å². The average molecular weight is 266 g/mol. The maximum atomic E-state index is 12.6. The molecule has 0 amide bonds. The second-order valence-electron chi connectivity index (χ2n) is 8.10. The minimum absolute atomic E-state index is 0.0214. The Balaban J connectivity index is 1.66. The van der Waals surface area contributed by atoms with Crippen LogP contribution in [0.3, 0.4) is 0 Å². The highest BCUT2D eigenvalue weighted by Crippen LogP contribution is 2.60. The van der Waals surface area contributed by atoms with Gasteiger partial charge in [-0.1, -0.05) is 13.8 Å². The summed E-state index contributed by atoms with van der Waals surface area (Å²) < 4.78 is 5.58. The fraction of sp³-hybridized carbons (Fsp3) is 0.938. The van der Waals surface area contributed by atoms with Crippen LogP contribution in [0.1, 0.15) is 52.4 Å². The molecule has 0 atom stereocenters. The third kappa shape index (κ3) is 2.42. The van der Waals surface area contributed by atoms with E-state index in [4.69, 9.17) is 4.74 Å². The molecule has 3 nitrogen and oxygen atoms in total. The fourth-order valence-corrected chi connectivity index (χ4v) is 4.82. The van der Waals surface area contributed by atoms with Gasteiger partial charge in [0.15, 0.2) is 0 Å². The lowest BCUT2D eigenvalue weighted by atomic mass is 9.49. The lowest BCUT2D eigenvalue weighted by Crippen LogP contribution is -2.51. The Morgan fingerprint density at radius 1 is 1.16 bits per heavy atom. The Morgan fingerprint density at radius 2 is 1.63 bits per heavy atom. The van der Waals surface area contributed by atoms with Crippen molar-refractivity contribution >= 4 is 5.97 Å². The lowest BCUT2D eigenvalue weighted by Gasteiger charge is -2.55. The van der Waals surface area contributed by atoms with Gasteiger partial charge in [-0.05, 0) is 56.3 Å². The molecule has 4 rings (SSSR count). The molecule has 3 heteroatoms. The first kappa shape index (κ1) is 13.4. The maximum absolute atomic E-state index is 12.6. The third-order valence-electron chi connectivity index (χ3n) is 5.49. The molecule has 0 aliphatic heterocycles. The van der Waals surface area contributed by atoms with Crippen LogP contribution in [0.25, 0.3) is 0 Å². The molecule has 0 heterocycles. The zero-order valence-corrected chi connectivity index (χ0v) is 12.2. The first-order valence-electron chi connectivity index (χ1n) is 7.71. The highest BCUT2D eigenvalue weighted by atomic mass is 16.5. The lowest BCUT2D eigenvalue weighted by molar-refractivity contribution is -0.175. The molecule has 4 aliphatic rings. The van der Waals surface area contributed by atoms with Gasteiger partial charge in [-0.3, -0.25) is 4.79 Å². The first-order valence-corrected chi connectivity index (χ1v) is 7.71. The van der Waals surface area contributed by atoms with Gasteiger partial charge in [0, 0.05) is 5.41 Å². The Morgan fingerprint density at radius 3 is 2.05 bits per heavy atom.